The molecule has 1 aromatic carbocycles. The van der Waals surface area contributed by atoms with Crippen molar-refractivity contribution < 1.29 is 9.53 Å². The van der Waals surface area contributed by atoms with E-state index in [0.717, 1.165) is 11.3 Å². The highest BCUT2D eigenvalue weighted by Crippen LogP contribution is 2.32. The first kappa shape index (κ1) is 12.1. The number of benzene rings is 1. The molecule has 82 valence electrons. The molecule has 0 aliphatic heterocycles. The third-order valence-corrected chi connectivity index (χ3v) is 2.51. The van der Waals surface area contributed by atoms with Gasteiger partial charge in [-0.2, -0.15) is 0 Å². The number of carbonyl (C=O) groups is 1. The molecule has 1 aromatic rings. The summed E-state index contributed by atoms with van der Waals surface area (Å²) in [6.45, 7) is 6.24. The predicted octanol–water partition coefficient (Wildman–Crippen LogP) is 3.06. The molecule has 0 saturated carbocycles. The Balaban J connectivity index is 3.32. The summed E-state index contributed by atoms with van der Waals surface area (Å²) in [6.07, 6.45) is 0. The highest BCUT2D eigenvalue weighted by molar-refractivity contribution is 7.97. The van der Waals surface area contributed by atoms with E-state index in [4.69, 9.17) is 4.74 Å². The zero-order valence-electron chi connectivity index (χ0n) is 9.50. The molecule has 0 heterocycles. The third-order valence-electron chi connectivity index (χ3n) is 2.25. The minimum atomic E-state index is -0.219. The third kappa shape index (κ3) is 2.75. The first-order chi connectivity index (χ1) is 6.86. The van der Waals surface area contributed by atoms with Gasteiger partial charge in [0.1, 0.15) is 5.75 Å². The normalized spacial score (nSPS) is 11.3. The molecule has 0 atom stereocenters. The van der Waals surface area contributed by atoms with Crippen molar-refractivity contribution in [1.29, 1.82) is 0 Å². The van der Waals surface area contributed by atoms with Gasteiger partial charge in [-0.25, -0.2) is 0 Å². The number of methoxy groups -OCH3 is 1. The van der Waals surface area contributed by atoms with Crippen molar-refractivity contribution in [3.8, 4) is 5.75 Å². The molecule has 2 nitrogen and oxygen atoms in total. The summed E-state index contributed by atoms with van der Waals surface area (Å²) < 4.78 is 5.27. The van der Waals surface area contributed by atoms with Crippen molar-refractivity contribution in [2.24, 2.45) is 0 Å². The molecule has 0 aliphatic rings. The van der Waals surface area contributed by atoms with Gasteiger partial charge in [0, 0.05) is 11.1 Å². The van der Waals surface area contributed by atoms with Gasteiger partial charge in [0.15, 0.2) is 0 Å². The van der Waals surface area contributed by atoms with Crippen LogP contribution in [0.25, 0.3) is 0 Å². The Hall–Kier alpha value is -0.960. The van der Waals surface area contributed by atoms with E-state index in [0.29, 0.717) is 5.56 Å². The minimum Gasteiger partial charge on any atom is -0.496 e. The molecule has 0 spiro atoms. The second-order valence-corrected chi connectivity index (χ2v) is 4.88. The van der Waals surface area contributed by atoms with Crippen LogP contribution in [0.1, 0.15) is 36.7 Å². The highest BCUT2D eigenvalue weighted by Gasteiger charge is 2.19. The lowest BCUT2D eigenvalue weighted by Crippen LogP contribution is -2.13. The first-order valence-corrected chi connectivity index (χ1v) is 5.23. The molecule has 0 amide bonds. The lowest BCUT2D eigenvalue weighted by Gasteiger charge is -2.22. The van der Waals surface area contributed by atoms with E-state index in [9.17, 15) is 4.79 Å². The van der Waals surface area contributed by atoms with Crippen molar-refractivity contribution >= 4 is 17.7 Å². The number of carbonyl (C=O) groups excluding carboxylic acids is 1. The number of rotatable bonds is 2. The lowest BCUT2D eigenvalue weighted by molar-refractivity contribution is 0.109. The Morgan fingerprint density at radius 1 is 1.33 bits per heavy atom. The van der Waals surface area contributed by atoms with Gasteiger partial charge in [-0.05, 0) is 23.6 Å². The molecule has 1 rings (SSSR count). The van der Waals surface area contributed by atoms with E-state index in [1.807, 2.05) is 12.1 Å². The van der Waals surface area contributed by atoms with Crippen LogP contribution in [0.4, 0.5) is 0 Å². The van der Waals surface area contributed by atoms with Crippen molar-refractivity contribution in [3.05, 3.63) is 29.3 Å². The fraction of sp³-hybridized carbons (Fsp3) is 0.417. The summed E-state index contributed by atoms with van der Waals surface area (Å²) in [6, 6.07) is 5.38. The molecule has 0 fully saturated rings. The Kier molecular flexibility index (Phi) is 3.45. The minimum absolute atomic E-state index is 0.0510. The fourth-order valence-electron chi connectivity index (χ4n) is 1.43. The van der Waals surface area contributed by atoms with Crippen LogP contribution in [0.3, 0.4) is 0 Å². The van der Waals surface area contributed by atoms with Crippen LogP contribution < -0.4 is 4.74 Å². The second kappa shape index (κ2) is 4.27. The monoisotopic (exact) mass is 224 g/mol. The average Bonchev–Trinajstić information content (AvgIpc) is 2.15. The van der Waals surface area contributed by atoms with Gasteiger partial charge in [0.05, 0.1) is 7.11 Å². The van der Waals surface area contributed by atoms with Crippen molar-refractivity contribution in [2.75, 3.05) is 7.11 Å². The molecule has 0 saturated heterocycles. The summed E-state index contributed by atoms with van der Waals surface area (Å²) >= 11 is 3.81. The maximum Gasteiger partial charge on any atom is 0.216 e. The Morgan fingerprint density at radius 3 is 2.33 bits per heavy atom. The average molecular weight is 224 g/mol. The Labute approximate surface area is 96.1 Å². The Morgan fingerprint density at radius 2 is 1.93 bits per heavy atom. The zero-order chi connectivity index (χ0) is 11.6. The second-order valence-electron chi connectivity index (χ2n) is 4.47. The van der Waals surface area contributed by atoms with E-state index in [1.165, 1.54) is 0 Å². The summed E-state index contributed by atoms with van der Waals surface area (Å²) in [5.41, 5.74) is 1.57. The smallest absolute Gasteiger partial charge is 0.216 e. The van der Waals surface area contributed by atoms with Crippen LogP contribution >= 0.6 is 12.6 Å². The zero-order valence-corrected chi connectivity index (χ0v) is 10.4. The SMILES string of the molecule is COc1ccc(C(=O)S)cc1C(C)(C)C. The fourth-order valence-corrected chi connectivity index (χ4v) is 1.57. The number of hydrogen-bond donors (Lipinski definition) is 1. The Bertz CT molecular complexity index is 378. The van der Waals surface area contributed by atoms with E-state index < -0.39 is 0 Å². The predicted molar refractivity (Wildman–Crippen MR) is 65.0 cm³/mol. The molecule has 0 aromatic heterocycles. The molecule has 3 heteroatoms. The van der Waals surface area contributed by atoms with Gasteiger partial charge in [-0.3, -0.25) is 4.79 Å². The van der Waals surface area contributed by atoms with Crippen molar-refractivity contribution in [3.63, 3.8) is 0 Å². The quantitative estimate of drug-likeness (QED) is 0.781. The van der Waals surface area contributed by atoms with Gasteiger partial charge >= 0.3 is 0 Å². The molecular formula is C12H16O2S. The summed E-state index contributed by atoms with van der Waals surface area (Å²) in [5, 5.41) is -0.219. The van der Waals surface area contributed by atoms with E-state index in [1.54, 1.807) is 13.2 Å². The highest BCUT2D eigenvalue weighted by atomic mass is 32.1. The van der Waals surface area contributed by atoms with Crippen LogP contribution in [0.15, 0.2) is 18.2 Å². The summed E-state index contributed by atoms with van der Waals surface area (Å²) in [4.78, 5) is 11.1. The van der Waals surface area contributed by atoms with Gasteiger partial charge in [-0.15, -0.1) is 12.6 Å². The molecular weight excluding hydrogens is 208 g/mol. The van der Waals surface area contributed by atoms with Gasteiger partial charge in [0.25, 0.3) is 0 Å². The topological polar surface area (TPSA) is 26.3 Å². The largest absolute Gasteiger partial charge is 0.496 e. The maximum atomic E-state index is 11.1. The van der Waals surface area contributed by atoms with Crippen LogP contribution in [0.5, 0.6) is 5.75 Å². The van der Waals surface area contributed by atoms with Crippen molar-refractivity contribution in [1.82, 2.24) is 0 Å². The van der Waals surface area contributed by atoms with E-state index >= 15 is 0 Å². The number of ether oxygens (including phenoxy) is 1. The molecule has 0 bridgehead atoms. The molecule has 0 aliphatic carbocycles. The molecule has 0 N–H and O–H groups in total. The van der Waals surface area contributed by atoms with Crippen LogP contribution in [0, 0.1) is 0 Å². The maximum absolute atomic E-state index is 11.1. The molecule has 15 heavy (non-hydrogen) atoms. The van der Waals surface area contributed by atoms with Gasteiger partial charge in [0.2, 0.25) is 5.12 Å². The lowest BCUT2D eigenvalue weighted by atomic mass is 9.85. The van der Waals surface area contributed by atoms with Crippen molar-refractivity contribution in [2.45, 2.75) is 26.2 Å². The molecule has 0 radical (unpaired) electrons. The first-order valence-electron chi connectivity index (χ1n) is 4.78. The number of hydrogen-bond acceptors (Lipinski definition) is 2. The summed E-state index contributed by atoms with van der Waals surface area (Å²) in [7, 11) is 1.63. The van der Waals surface area contributed by atoms with E-state index in [-0.39, 0.29) is 10.5 Å². The van der Waals surface area contributed by atoms with Gasteiger partial charge < -0.3 is 4.74 Å². The number of thiol groups is 1. The molecule has 0 unspecified atom stereocenters. The summed E-state index contributed by atoms with van der Waals surface area (Å²) in [5.74, 6) is 0.806. The van der Waals surface area contributed by atoms with Crippen LogP contribution in [-0.2, 0) is 5.41 Å². The van der Waals surface area contributed by atoms with Gasteiger partial charge in [-0.1, -0.05) is 20.8 Å². The van der Waals surface area contributed by atoms with Crippen LogP contribution in [-0.4, -0.2) is 12.2 Å². The standard InChI is InChI=1S/C12H16O2S/c1-12(2,3)9-7-8(11(13)15)5-6-10(9)14-4/h5-7H,1-4H3,(H,13,15). The van der Waals surface area contributed by atoms with Crippen LogP contribution in [0.2, 0.25) is 0 Å². The van der Waals surface area contributed by atoms with E-state index in [2.05, 4.69) is 33.4 Å².